The molecule has 1 aromatic carbocycles. The van der Waals surface area contributed by atoms with Gasteiger partial charge >= 0.3 is 0 Å². The summed E-state index contributed by atoms with van der Waals surface area (Å²) in [5.74, 6) is 1.76. The normalized spacial score (nSPS) is 19.3. The molecule has 1 aromatic rings. The zero-order valence-electron chi connectivity index (χ0n) is 17.1. The molecule has 2 aliphatic heterocycles. The van der Waals surface area contributed by atoms with E-state index in [0.717, 1.165) is 42.5 Å². The van der Waals surface area contributed by atoms with E-state index in [1.807, 2.05) is 6.07 Å². The first kappa shape index (κ1) is 20.8. The monoisotopic (exact) mass is 387 g/mol. The minimum absolute atomic E-state index is 0.141. The van der Waals surface area contributed by atoms with Crippen LogP contribution in [0.1, 0.15) is 42.5 Å². The zero-order valence-corrected chi connectivity index (χ0v) is 17.1. The van der Waals surface area contributed by atoms with Gasteiger partial charge in [0.1, 0.15) is 5.75 Å². The van der Waals surface area contributed by atoms with Gasteiger partial charge in [-0.15, -0.1) is 0 Å². The van der Waals surface area contributed by atoms with Crippen molar-refractivity contribution in [3.05, 3.63) is 28.3 Å². The molecule has 28 heavy (non-hydrogen) atoms. The van der Waals surface area contributed by atoms with Gasteiger partial charge in [-0.1, -0.05) is 18.9 Å². The van der Waals surface area contributed by atoms with E-state index >= 15 is 0 Å². The van der Waals surface area contributed by atoms with Crippen molar-refractivity contribution in [2.75, 3.05) is 47.0 Å². The number of fused-ring (bicyclic) bond motifs is 1. The molecule has 2 heterocycles. The van der Waals surface area contributed by atoms with Crippen molar-refractivity contribution in [1.29, 1.82) is 0 Å². The molecule has 1 atom stereocenters. The van der Waals surface area contributed by atoms with Crippen LogP contribution in [-0.2, 0) is 4.74 Å². The summed E-state index contributed by atoms with van der Waals surface area (Å²) in [6.45, 7) is 4.11. The van der Waals surface area contributed by atoms with Gasteiger partial charge in [-0.05, 0) is 56.3 Å². The van der Waals surface area contributed by atoms with Crippen LogP contribution >= 0.6 is 0 Å². The molecule has 3 rings (SSSR count). The lowest BCUT2D eigenvalue weighted by Crippen LogP contribution is -2.36. The number of ether oxygens (including phenoxy) is 2. The van der Waals surface area contributed by atoms with Gasteiger partial charge in [-0.3, -0.25) is 9.79 Å². The first-order valence-corrected chi connectivity index (χ1v) is 10.4. The SMILES string of the molecule is COCCNC(=O)c1ccc2c(c1OC)=CC(CCCC1CCNCC1)CN=2. The lowest BCUT2D eigenvalue weighted by molar-refractivity contribution is 0.0934. The molecule has 1 unspecified atom stereocenters. The fourth-order valence-electron chi connectivity index (χ4n) is 4.17. The number of nitrogens with one attached hydrogen (secondary N) is 2. The van der Waals surface area contributed by atoms with Crippen molar-refractivity contribution in [3.63, 3.8) is 0 Å². The van der Waals surface area contributed by atoms with E-state index in [1.54, 1.807) is 20.3 Å². The van der Waals surface area contributed by atoms with Gasteiger partial charge in [0.05, 0.1) is 24.6 Å². The molecule has 0 radical (unpaired) electrons. The molecule has 0 aliphatic carbocycles. The van der Waals surface area contributed by atoms with Crippen LogP contribution in [0.15, 0.2) is 17.1 Å². The van der Waals surface area contributed by atoms with Crippen LogP contribution in [0.3, 0.4) is 0 Å². The van der Waals surface area contributed by atoms with Crippen LogP contribution in [0.2, 0.25) is 0 Å². The van der Waals surface area contributed by atoms with Gasteiger partial charge in [0.25, 0.3) is 5.91 Å². The third-order valence-electron chi connectivity index (χ3n) is 5.76. The van der Waals surface area contributed by atoms with Crippen molar-refractivity contribution < 1.29 is 14.3 Å². The van der Waals surface area contributed by atoms with Crippen molar-refractivity contribution in [3.8, 4) is 5.75 Å². The fourth-order valence-corrected chi connectivity index (χ4v) is 4.17. The third-order valence-corrected chi connectivity index (χ3v) is 5.76. The Morgan fingerprint density at radius 2 is 2.07 bits per heavy atom. The van der Waals surface area contributed by atoms with E-state index in [-0.39, 0.29) is 5.91 Å². The van der Waals surface area contributed by atoms with Crippen LogP contribution in [-0.4, -0.2) is 52.9 Å². The van der Waals surface area contributed by atoms with Crippen LogP contribution in [0.25, 0.3) is 6.08 Å². The molecule has 0 bridgehead atoms. The number of carbonyl (C=O) groups excluding carboxylic acids is 1. The number of rotatable bonds is 9. The lowest BCUT2D eigenvalue weighted by Gasteiger charge is -2.23. The van der Waals surface area contributed by atoms with Crippen LogP contribution in [0.5, 0.6) is 5.75 Å². The van der Waals surface area contributed by atoms with E-state index in [9.17, 15) is 4.79 Å². The highest BCUT2D eigenvalue weighted by molar-refractivity contribution is 5.97. The molecular formula is C22H33N3O3. The Labute approximate surface area is 167 Å². The van der Waals surface area contributed by atoms with Crippen LogP contribution in [0, 0.1) is 11.8 Å². The average Bonchev–Trinajstić information content (AvgIpc) is 2.73. The number of piperidine rings is 1. The molecule has 6 nitrogen and oxygen atoms in total. The maximum absolute atomic E-state index is 12.5. The number of nitrogens with zero attached hydrogens (tertiary/aromatic N) is 1. The molecule has 0 aromatic heterocycles. The predicted molar refractivity (Wildman–Crippen MR) is 110 cm³/mol. The number of benzene rings is 1. The summed E-state index contributed by atoms with van der Waals surface area (Å²) in [4.78, 5) is 17.3. The molecule has 0 saturated carbocycles. The molecule has 1 saturated heterocycles. The van der Waals surface area contributed by atoms with Gasteiger partial charge in [0.15, 0.2) is 0 Å². The van der Waals surface area contributed by atoms with Gasteiger partial charge in [-0.2, -0.15) is 0 Å². The fraction of sp³-hybridized carbons (Fsp3) is 0.636. The van der Waals surface area contributed by atoms with Crippen molar-refractivity contribution in [2.45, 2.75) is 32.1 Å². The summed E-state index contributed by atoms with van der Waals surface area (Å²) < 4.78 is 10.6. The molecule has 0 spiro atoms. The number of methoxy groups -OCH3 is 2. The van der Waals surface area contributed by atoms with E-state index < -0.39 is 0 Å². The second-order valence-corrected chi connectivity index (χ2v) is 7.72. The highest BCUT2D eigenvalue weighted by Crippen LogP contribution is 2.22. The molecular weight excluding hydrogens is 354 g/mol. The molecule has 1 fully saturated rings. The summed E-state index contributed by atoms with van der Waals surface area (Å²) in [5.41, 5.74) is 0.555. The topological polar surface area (TPSA) is 72.0 Å². The van der Waals surface area contributed by atoms with E-state index in [0.29, 0.717) is 30.4 Å². The quantitative estimate of drug-likeness (QED) is 0.626. The second-order valence-electron chi connectivity index (χ2n) is 7.72. The van der Waals surface area contributed by atoms with Crippen LogP contribution in [0.4, 0.5) is 0 Å². The Morgan fingerprint density at radius 3 is 2.82 bits per heavy atom. The van der Waals surface area contributed by atoms with E-state index in [1.165, 1.54) is 25.7 Å². The largest absolute Gasteiger partial charge is 0.495 e. The highest BCUT2D eigenvalue weighted by Gasteiger charge is 2.18. The van der Waals surface area contributed by atoms with E-state index in [4.69, 9.17) is 14.5 Å². The van der Waals surface area contributed by atoms with Crippen molar-refractivity contribution in [2.24, 2.45) is 16.8 Å². The Bertz CT molecular complexity index is 772. The first-order valence-electron chi connectivity index (χ1n) is 10.4. The summed E-state index contributed by atoms with van der Waals surface area (Å²) in [5, 5.41) is 8.18. The average molecular weight is 388 g/mol. The number of amides is 1. The number of hydrogen-bond acceptors (Lipinski definition) is 5. The molecule has 1 amide bonds. The first-order chi connectivity index (χ1) is 13.7. The second kappa shape index (κ2) is 10.6. The van der Waals surface area contributed by atoms with Gasteiger partial charge in [0, 0.05) is 25.4 Å². The zero-order chi connectivity index (χ0) is 19.8. The minimum atomic E-state index is -0.141. The standard InChI is InChI=1S/C22H33N3O3/c1-27-13-12-24-22(26)18-6-7-20-19(21(18)28-2)14-17(15-25-20)5-3-4-16-8-10-23-11-9-16/h6-7,14,16-17,23H,3-5,8-13,15H2,1-2H3,(H,24,26). The Hall–Kier alpha value is -1.92. The summed E-state index contributed by atoms with van der Waals surface area (Å²) in [7, 11) is 3.24. The molecule has 2 aliphatic rings. The highest BCUT2D eigenvalue weighted by atomic mass is 16.5. The third kappa shape index (κ3) is 5.32. The molecule has 154 valence electrons. The number of carbonyl (C=O) groups is 1. The Kier molecular flexibility index (Phi) is 7.86. The van der Waals surface area contributed by atoms with Crippen LogP contribution < -0.4 is 25.9 Å². The maximum atomic E-state index is 12.5. The molecule has 2 N–H and O–H groups in total. The molecule has 6 heteroatoms. The lowest BCUT2D eigenvalue weighted by atomic mass is 9.89. The maximum Gasteiger partial charge on any atom is 0.255 e. The summed E-state index contributed by atoms with van der Waals surface area (Å²) in [6, 6.07) is 3.72. The smallest absolute Gasteiger partial charge is 0.255 e. The van der Waals surface area contributed by atoms with Crippen molar-refractivity contribution >= 4 is 12.0 Å². The predicted octanol–water partition coefficient (Wildman–Crippen LogP) is 1.27. The Balaban J connectivity index is 1.69. The van der Waals surface area contributed by atoms with Gasteiger partial charge in [0.2, 0.25) is 0 Å². The minimum Gasteiger partial charge on any atom is -0.495 e. The summed E-state index contributed by atoms with van der Waals surface area (Å²) >= 11 is 0. The summed E-state index contributed by atoms with van der Waals surface area (Å²) in [6.07, 6.45) is 8.54. The van der Waals surface area contributed by atoms with E-state index in [2.05, 4.69) is 16.7 Å². The number of hydrogen-bond donors (Lipinski definition) is 2. The van der Waals surface area contributed by atoms with Gasteiger partial charge < -0.3 is 20.1 Å². The van der Waals surface area contributed by atoms with Crippen molar-refractivity contribution in [1.82, 2.24) is 10.6 Å². The Morgan fingerprint density at radius 1 is 1.25 bits per heavy atom. The van der Waals surface area contributed by atoms with Gasteiger partial charge in [-0.25, -0.2) is 0 Å².